The molecule has 5 heavy (non-hydrogen) atoms. The van der Waals surface area contributed by atoms with Crippen LogP contribution < -0.4 is 0 Å². The Morgan fingerprint density at radius 3 is 3.40 bits per heavy atom. The maximum atomic E-state index is 6.29. The summed E-state index contributed by atoms with van der Waals surface area (Å²) in [4.78, 5) is 4.36. The first-order chi connectivity index (χ1) is 2.91. The standard InChI is InChI=1S/C3H7NO/c1-3-5-4-2/h2-3H2,1H3/i2T. The molecule has 0 rings (SSSR count). The van der Waals surface area contributed by atoms with E-state index >= 15 is 0 Å². The highest BCUT2D eigenvalue weighted by Crippen LogP contribution is 1.63. The van der Waals surface area contributed by atoms with Gasteiger partial charge in [0, 0.05) is 6.69 Å². The molecule has 0 fully saturated rings. The van der Waals surface area contributed by atoms with Gasteiger partial charge in [0.1, 0.15) is 6.61 Å². The van der Waals surface area contributed by atoms with Crippen molar-refractivity contribution in [2.45, 2.75) is 6.92 Å². The molecule has 0 bridgehead atoms. The van der Waals surface area contributed by atoms with Gasteiger partial charge in [0.2, 0.25) is 0 Å². The second kappa shape index (κ2) is 3.47. The monoisotopic (exact) mass is 75.1 g/mol. The molecule has 0 N–H and O–H groups in total. The topological polar surface area (TPSA) is 21.6 Å². The van der Waals surface area contributed by atoms with E-state index in [2.05, 4.69) is 9.99 Å². The second-order valence-electron chi connectivity index (χ2n) is 0.523. The third-order valence-corrected chi connectivity index (χ3v) is 0.204. The number of oxime groups is 1. The van der Waals surface area contributed by atoms with Crippen molar-refractivity contribution in [2.75, 3.05) is 6.61 Å². The van der Waals surface area contributed by atoms with E-state index in [9.17, 15) is 0 Å². The molecule has 0 aliphatic carbocycles. The molecule has 0 heterocycles. The summed E-state index contributed by atoms with van der Waals surface area (Å²) in [5.74, 6) is 0. The second-order valence-corrected chi connectivity index (χ2v) is 0.523. The summed E-state index contributed by atoms with van der Waals surface area (Å²) < 4.78 is 6.29. The van der Waals surface area contributed by atoms with Crippen molar-refractivity contribution >= 4 is 6.69 Å². The Kier molecular flexibility index (Phi) is 1.87. The molecule has 0 radical (unpaired) electrons. The van der Waals surface area contributed by atoms with Crippen molar-refractivity contribution in [1.29, 1.82) is 0 Å². The van der Waals surface area contributed by atoms with Crippen molar-refractivity contribution in [2.24, 2.45) is 5.16 Å². The van der Waals surface area contributed by atoms with Crippen LogP contribution in [0.15, 0.2) is 5.16 Å². The molecular formula is C3H7NO. The number of nitrogens with zero attached hydrogens (tertiary/aromatic N) is 1. The van der Waals surface area contributed by atoms with Crippen molar-refractivity contribution in [3.05, 3.63) is 0 Å². The number of rotatable bonds is 2. The fraction of sp³-hybridized carbons (Fsp3) is 0.667. The van der Waals surface area contributed by atoms with Crippen LogP contribution in [0, 0.1) is 0 Å². The minimum atomic E-state index is 0.537. The zero-order valence-electron chi connectivity index (χ0n) is 4.14. The molecule has 30 valence electrons. The predicted octanol–water partition coefficient (Wildman–Crippen LogP) is 0.639. The van der Waals surface area contributed by atoms with E-state index in [4.69, 9.17) is 1.37 Å². The lowest BCUT2D eigenvalue weighted by Gasteiger charge is -1.82. The molecule has 2 nitrogen and oxygen atoms in total. The van der Waals surface area contributed by atoms with Crippen LogP contribution in [0.5, 0.6) is 0 Å². The van der Waals surface area contributed by atoms with Crippen LogP contribution in [-0.4, -0.2) is 13.3 Å². The quantitative estimate of drug-likeness (QED) is 0.348. The molecule has 0 atom stereocenters. The zero-order valence-corrected chi connectivity index (χ0v) is 3.14. The summed E-state index contributed by atoms with van der Waals surface area (Å²) in [5.41, 5.74) is 0. The maximum Gasteiger partial charge on any atom is 0.114 e. The summed E-state index contributed by atoms with van der Waals surface area (Å²) in [6, 6.07) is 0. The third kappa shape index (κ3) is 3.47. The van der Waals surface area contributed by atoms with Crippen molar-refractivity contribution < 1.29 is 6.21 Å². The highest BCUT2D eigenvalue weighted by molar-refractivity contribution is 5.21. The average molecular weight is 75.1 g/mol. The van der Waals surface area contributed by atoms with Crippen molar-refractivity contribution in [3.63, 3.8) is 0 Å². The Balaban J connectivity index is 2.66. The van der Waals surface area contributed by atoms with Crippen LogP contribution in [0.25, 0.3) is 0 Å². The van der Waals surface area contributed by atoms with Crippen LogP contribution in [0.1, 0.15) is 8.29 Å². The molecule has 0 aromatic carbocycles. The molecule has 0 aliphatic rings. The Morgan fingerprint density at radius 2 is 3.20 bits per heavy atom. The minimum Gasteiger partial charge on any atom is -0.397 e. The van der Waals surface area contributed by atoms with Crippen LogP contribution in [-0.2, 0) is 4.84 Å². The lowest BCUT2D eigenvalue weighted by atomic mass is 10.9. The molecule has 2 heteroatoms. The number of hydrogen-bond acceptors (Lipinski definition) is 2. The van der Waals surface area contributed by atoms with Gasteiger partial charge in [-0.1, -0.05) is 0 Å². The molecule has 0 saturated heterocycles. The number of hydrogen-bond donors (Lipinski definition) is 0. The molecule has 0 saturated carbocycles. The summed E-state index contributed by atoms with van der Waals surface area (Å²) in [5, 5.41) is 3.13. The van der Waals surface area contributed by atoms with Crippen LogP contribution in [0.3, 0.4) is 0 Å². The van der Waals surface area contributed by atoms with E-state index in [0.717, 1.165) is 6.69 Å². The first kappa shape index (κ1) is 2.69. The molecule has 0 aliphatic heterocycles. The van der Waals surface area contributed by atoms with Gasteiger partial charge in [-0.15, -0.1) is 5.16 Å². The predicted molar refractivity (Wildman–Crippen MR) is 21.2 cm³/mol. The fourth-order valence-electron chi connectivity index (χ4n) is 0.0745. The largest absolute Gasteiger partial charge is 0.397 e. The summed E-state index contributed by atoms with van der Waals surface area (Å²) in [7, 11) is 0. The van der Waals surface area contributed by atoms with Gasteiger partial charge in [-0.3, -0.25) is 0 Å². The van der Waals surface area contributed by atoms with Crippen molar-refractivity contribution in [3.8, 4) is 0 Å². The highest BCUT2D eigenvalue weighted by Gasteiger charge is 1.57. The minimum absolute atomic E-state index is 0.537. The molecular weight excluding hydrogens is 66.0 g/mol. The molecule has 0 aromatic heterocycles. The van der Waals surface area contributed by atoms with Gasteiger partial charge >= 0.3 is 0 Å². The summed E-state index contributed by atoms with van der Waals surface area (Å²) in [6.45, 7) is 3.21. The fourth-order valence-corrected chi connectivity index (χ4v) is 0.0745. The van der Waals surface area contributed by atoms with Gasteiger partial charge in [0.25, 0.3) is 0 Å². The van der Waals surface area contributed by atoms with E-state index in [-0.39, 0.29) is 0 Å². The van der Waals surface area contributed by atoms with E-state index in [1.54, 1.807) is 0 Å². The first-order valence-corrected chi connectivity index (χ1v) is 1.44. The average Bonchev–Trinajstić information content (AvgIpc) is 1.61. The van der Waals surface area contributed by atoms with Crippen LogP contribution in [0.4, 0.5) is 0 Å². The maximum absolute atomic E-state index is 6.29. The van der Waals surface area contributed by atoms with Gasteiger partial charge in [0.15, 0.2) is 0 Å². The van der Waals surface area contributed by atoms with Gasteiger partial charge in [0.05, 0.1) is 1.37 Å². The Morgan fingerprint density at radius 1 is 2.40 bits per heavy atom. The molecule has 0 amide bonds. The zero-order chi connectivity index (χ0) is 4.83. The van der Waals surface area contributed by atoms with E-state index in [0.29, 0.717) is 6.61 Å². The Bertz CT molecular complexity index is 46.1. The van der Waals surface area contributed by atoms with Crippen molar-refractivity contribution in [1.82, 2.24) is 0 Å². The highest BCUT2D eigenvalue weighted by atomic mass is 16.6. The summed E-state index contributed by atoms with van der Waals surface area (Å²) in [6.07, 6.45) is 0. The van der Waals surface area contributed by atoms with Gasteiger partial charge in [-0.25, -0.2) is 0 Å². The van der Waals surface area contributed by atoms with Crippen LogP contribution >= 0.6 is 0 Å². The van der Waals surface area contributed by atoms with Crippen LogP contribution in [0.2, 0.25) is 0 Å². The lowest BCUT2D eigenvalue weighted by molar-refractivity contribution is 0.161. The molecule has 0 spiro atoms. The van der Waals surface area contributed by atoms with Gasteiger partial charge < -0.3 is 4.84 Å². The van der Waals surface area contributed by atoms with Gasteiger partial charge in [-0.05, 0) is 6.92 Å². The SMILES string of the molecule is [3H]C=NOCC. The third-order valence-electron chi connectivity index (χ3n) is 0.204. The van der Waals surface area contributed by atoms with E-state index < -0.39 is 0 Å². The first-order valence-electron chi connectivity index (χ1n) is 2.01. The normalized spacial score (nSPS) is 11.8. The Labute approximate surface area is 32.8 Å². The summed E-state index contributed by atoms with van der Waals surface area (Å²) >= 11 is 0. The molecule has 0 unspecified atom stereocenters. The molecule has 0 aromatic rings. The lowest BCUT2D eigenvalue weighted by Crippen LogP contribution is -1.72. The van der Waals surface area contributed by atoms with E-state index in [1.807, 2.05) is 6.92 Å². The Hall–Kier alpha value is -0.530. The van der Waals surface area contributed by atoms with E-state index in [1.165, 1.54) is 0 Å². The smallest absolute Gasteiger partial charge is 0.114 e. The van der Waals surface area contributed by atoms with Gasteiger partial charge in [-0.2, -0.15) is 0 Å².